The zero-order valence-electron chi connectivity index (χ0n) is 16.0. The lowest BCUT2D eigenvalue weighted by Gasteiger charge is -2.15. The Bertz CT molecular complexity index is 620. The van der Waals surface area contributed by atoms with Gasteiger partial charge in [-0.25, -0.2) is 0 Å². The summed E-state index contributed by atoms with van der Waals surface area (Å²) in [6, 6.07) is 4.75. The molecule has 5 N–H and O–H groups in total. The molecule has 156 valence electrons. The van der Waals surface area contributed by atoms with E-state index in [1.165, 1.54) is 32.1 Å². The third-order valence-electron chi connectivity index (χ3n) is 4.52. The van der Waals surface area contributed by atoms with Gasteiger partial charge in [0.15, 0.2) is 0 Å². The minimum Gasteiger partial charge on any atom is -0.480 e. The molecule has 6 nitrogen and oxygen atoms in total. The second-order valence-electron chi connectivity index (χ2n) is 6.91. The van der Waals surface area contributed by atoms with Crippen molar-refractivity contribution < 1.29 is 24.3 Å². The second kappa shape index (κ2) is 13.3. The highest BCUT2D eigenvalue weighted by Crippen LogP contribution is 2.35. The summed E-state index contributed by atoms with van der Waals surface area (Å²) in [5.74, 6) is -1.08. The Kier molecular flexibility index (Phi) is 12.8. The molecular formula is C19H33ClNO5P. The van der Waals surface area contributed by atoms with Crippen molar-refractivity contribution >= 4 is 26.0 Å². The quantitative estimate of drug-likeness (QED) is 0.285. The van der Waals surface area contributed by atoms with E-state index in [0.29, 0.717) is 0 Å². The summed E-state index contributed by atoms with van der Waals surface area (Å²) in [5.41, 5.74) is 8.32. The number of carbonyl (C=O) groups is 1. The number of carboxylic acids is 1. The molecule has 0 fully saturated rings. The fourth-order valence-corrected chi connectivity index (χ4v) is 3.50. The molecule has 0 heterocycles. The van der Waals surface area contributed by atoms with Crippen molar-refractivity contribution in [3.05, 3.63) is 34.9 Å². The smallest absolute Gasteiger partial charge is 0.325 e. The van der Waals surface area contributed by atoms with Gasteiger partial charge in [-0.2, -0.15) is 0 Å². The molecule has 1 atom stereocenters. The molecule has 0 saturated heterocycles. The summed E-state index contributed by atoms with van der Waals surface area (Å²) in [6.45, 7) is 2.19. The Balaban J connectivity index is 0.00000676. The monoisotopic (exact) mass is 421 g/mol. The molecule has 0 radical (unpaired) electrons. The van der Waals surface area contributed by atoms with E-state index in [1.54, 1.807) is 0 Å². The molecule has 1 unspecified atom stereocenters. The van der Waals surface area contributed by atoms with E-state index in [0.717, 1.165) is 29.5 Å². The van der Waals surface area contributed by atoms with Gasteiger partial charge in [-0.1, -0.05) is 57.2 Å². The van der Waals surface area contributed by atoms with E-state index < -0.39 is 19.6 Å². The van der Waals surface area contributed by atoms with Crippen LogP contribution in [0.5, 0.6) is 0 Å². The summed E-state index contributed by atoms with van der Waals surface area (Å²) in [7, 11) is -4.09. The lowest BCUT2D eigenvalue weighted by atomic mass is 9.94. The maximum atomic E-state index is 11.1. The van der Waals surface area contributed by atoms with Crippen molar-refractivity contribution in [1.29, 1.82) is 0 Å². The standard InChI is InChI=1S/C19H32NO5P.ClH/c1-2-3-4-5-6-7-8-15-9-10-16(11-12-26(23,24)25)17(13-15)14-18(20)19(21)22;/h9-10,13,18H,2-8,11-12,14,20H2,1H3,(H,21,22)(H2,23,24,25);1H. The van der Waals surface area contributed by atoms with Gasteiger partial charge in [0.2, 0.25) is 0 Å². The van der Waals surface area contributed by atoms with Crippen LogP contribution < -0.4 is 5.73 Å². The highest BCUT2D eigenvalue weighted by Gasteiger charge is 2.18. The van der Waals surface area contributed by atoms with E-state index >= 15 is 0 Å². The van der Waals surface area contributed by atoms with Crippen LogP contribution in [-0.4, -0.2) is 33.1 Å². The zero-order valence-corrected chi connectivity index (χ0v) is 17.7. The summed E-state index contributed by atoms with van der Waals surface area (Å²) >= 11 is 0. The number of benzene rings is 1. The van der Waals surface area contributed by atoms with Gasteiger partial charge in [-0.15, -0.1) is 12.4 Å². The number of aryl methyl sites for hydroxylation is 2. The maximum absolute atomic E-state index is 11.1. The number of hydrogen-bond donors (Lipinski definition) is 4. The van der Waals surface area contributed by atoms with Crippen molar-refractivity contribution in [3.8, 4) is 0 Å². The van der Waals surface area contributed by atoms with Crippen LogP contribution in [-0.2, 0) is 28.6 Å². The fraction of sp³-hybridized carbons (Fsp3) is 0.632. The number of carboxylic acid groups (broad SMARTS) is 1. The molecule has 27 heavy (non-hydrogen) atoms. The number of halogens is 1. The van der Waals surface area contributed by atoms with Gasteiger partial charge in [-0.3, -0.25) is 9.36 Å². The van der Waals surface area contributed by atoms with Crippen molar-refractivity contribution in [1.82, 2.24) is 0 Å². The molecule has 1 aromatic rings. The van der Waals surface area contributed by atoms with E-state index in [2.05, 4.69) is 6.92 Å². The van der Waals surface area contributed by atoms with Crippen molar-refractivity contribution in [2.75, 3.05) is 6.16 Å². The first-order valence-electron chi connectivity index (χ1n) is 9.36. The first kappa shape index (κ1) is 26.1. The summed E-state index contributed by atoms with van der Waals surface area (Å²) in [6.07, 6.45) is 8.27. The molecule has 0 aromatic heterocycles. The lowest BCUT2D eigenvalue weighted by molar-refractivity contribution is -0.138. The molecule has 1 aromatic carbocycles. The third-order valence-corrected chi connectivity index (χ3v) is 5.33. The Hall–Kier alpha value is -0.910. The van der Waals surface area contributed by atoms with Crippen LogP contribution in [0, 0.1) is 0 Å². The molecule has 0 aliphatic rings. The van der Waals surface area contributed by atoms with Gasteiger partial charge < -0.3 is 20.6 Å². The molecule has 0 aliphatic carbocycles. The predicted molar refractivity (Wildman–Crippen MR) is 111 cm³/mol. The van der Waals surface area contributed by atoms with Gasteiger partial charge in [-0.05, 0) is 42.4 Å². The van der Waals surface area contributed by atoms with Gasteiger partial charge in [0, 0.05) is 0 Å². The van der Waals surface area contributed by atoms with Crippen LogP contribution in [0.1, 0.15) is 62.1 Å². The van der Waals surface area contributed by atoms with Crippen LogP contribution in [0.2, 0.25) is 0 Å². The normalized spacial score (nSPS) is 12.4. The van der Waals surface area contributed by atoms with Crippen LogP contribution >= 0.6 is 20.0 Å². The van der Waals surface area contributed by atoms with Crippen LogP contribution in [0.25, 0.3) is 0 Å². The van der Waals surface area contributed by atoms with Gasteiger partial charge in [0.05, 0.1) is 6.16 Å². The summed E-state index contributed by atoms with van der Waals surface area (Å²) in [4.78, 5) is 29.2. The van der Waals surface area contributed by atoms with E-state index in [4.69, 9.17) is 20.6 Å². The van der Waals surface area contributed by atoms with Gasteiger partial charge in [0.1, 0.15) is 6.04 Å². The minimum absolute atomic E-state index is 0. The highest BCUT2D eigenvalue weighted by atomic mass is 35.5. The number of unbranched alkanes of at least 4 members (excludes halogenated alkanes) is 5. The zero-order chi connectivity index (χ0) is 19.6. The maximum Gasteiger partial charge on any atom is 0.325 e. The van der Waals surface area contributed by atoms with E-state index in [9.17, 15) is 9.36 Å². The van der Waals surface area contributed by atoms with Crippen LogP contribution in [0.3, 0.4) is 0 Å². The molecule has 0 spiro atoms. The molecule has 0 saturated carbocycles. The Morgan fingerprint density at radius 2 is 1.70 bits per heavy atom. The molecule has 0 aliphatic heterocycles. The SMILES string of the molecule is CCCCCCCCc1ccc(CCP(=O)(O)O)c(CC(N)C(=O)O)c1.Cl. The molecule has 8 heteroatoms. The molecule has 0 bridgehead atoms. The molecule has 0 amide bonds. The largest absolute Gasteiger partial charge is 0.480 e. The average Bonchev–Trinajstić information content (AvgIpc) is 2.56. The molecular weight excluding hydrogens is 389 g/mol. The highest BCUT2D eigenvalue weighted by molar-refractivity contribution is 7.51. The predicted octanol–water partition coefficient (Wildman–Crippen LogP) is 3.69. The number of nitrogens with two attached hydrogens (primary N) is 1. The summed E-state index contributed by atoms with van der Waals surface area (Å²) in [5, 5.41) is 9.06. The van der Waals surface area contributed by atoms with Crippen molar-refractivity contribution in [3.63, 3.8) is 0 Å². The Morgan fingerprint density at radius 3 is 2.30 bits per heavy atom. The lowest BCUT2D eigenvalue weighted by Crippen LogP contribution is -2.32. The number of aliphatic carboxylic acids is 1. The van der Waals surface area contributed by atoms with Crippen LogP contribution in [0.15, 0.2) is 18.2 Å². The first-order valence-corrected chi connectivity index (χ1v) is 11.2. The number of rotatable bonds is 13. The minimum atomic E-state index is -4.09. The second-order valence-corrected chi connectivity index (χ2v) is 8.68. The van der Waals surface area contributed by atoms with E-state index in [1.807, 2.05) is 18.2 Å². The average molecular weight is 422 g/mol. The molecule has 1 rings (SSSR count). The third kappa shape index (κ3) is 11.5. The number of hydrogen-bond acceptors (Lipinski definition) is 3. The topological polar surface area (TPSA) is 121 Å². The van der Waals surface area contributed by atoms with Crippen molar-refractivity contribution in [2.24, 2.45) is 5.73 Å². The van der Waals surface area contributed by atoms with Gasteiger partial charge in [0.25, 0.3) is 0 Å². The van der Waals surface area contributed by atoms with Crippen molar-refractivity contribution in [2.45, 2.75) is 70.8 Å². The summed E-state index contributed by atoms with van der Waals surface area (Å²) < 4.78 is 11.1. The Labute approximate surface area is 168 Å². The Morgan fingerprint density at radius 1 is 1.07 bits per heavy atom. The van der Waals surface area contributed by atoms with E-state index in [-0.39, 0.29) is 31.4 Å². The fourth-order valence-electron chi connectivity index (χ4n) is 2.97. The van der Waals surface area contributed by atoms with Gasteiger partial charge >= 0.3 is 13.6 Å². The first-order chi connectivity index (χ1) is 12.2. The van der Waals surface area contributed by atoms with Crippen LogP contribution in [0.4, 0.5) is 0 Å².